The van der Waals surface area contributed by atoms with Crippen molar-refractivity contribution in [2.24, 2.45) is 0 Å². The van der Waals surface area contributed by atoms with Crippen LogP contribution in [-0.4, -0.2) is 82.6 Å². The number of ether oxygens (including phenoxy) is 1. The Morgan fingerprint density at radius 3 is 2.51 bits per heavy atom. The molecule has 2 aromatic carbocycles. The molecule has 47 heavy (non-hydrogen) atoms. The first-order valence-electron chi connectivity index (χ1n) is 15.2. The number of aromatic nitrogens is 1. The summed E-state index contributed by atoms with van der Waals surface area (Å²) >= 11 is 0. The molecule has 246 valence electrons. The van der Waals surface area contributed by atoms with Crippen LogP contribution in [0.15, 0.2) is 67.0 Å². The summed E-state index contributed by atoms with van der Waals surface area (Å²) in [5.41, 5.74) is 1.79. The predicted octanol–water partition coefficient (Wildman–Crippen LogP) is 3.80. The van der Waals surface area contributed by atoms with Crippen LogP contribution in [0.5, 0.6) is 0 Å². The number of anilines is 3. The number of pyridine rings is 1. The summed E-state index contributed by atoms with van der Waals surface area (Å²) in [6.07, 6.45) is 4.46. The molecule has 4 amide bonds. The zero-order chi connectivity index (χ0) is 33.3. The van der Waals surface area contributed by atoms with Gasteiger partial charge in [-0.3, -0.25) is 29.5 Å². The Kier molecular flexibility index (Phi) is 10.6. The number of benzene rings is 2. The summed E-state index contributed by atoms with van der Waals surface area (Å²) < 4.78 is 5.60. The molecule has 3 aromatic rings. The standard InChI is InChI=1S/C32H35N7O8/c40-29(41)19-25(22-4-1-12-33-20-22)35-30(42)21-6-11-27(37-13-3-14-38(16-15-37)31(43)28-5-2-17-47-28)26(18-21)36-32(44)34-23-7-9-24(10-8-23)39(45)46/h1,4,6-12,18,20,25,28H,2-3,5,13-17,19H2,(H,35,42)(H,40,41)(H2,34,36,44). The van der Waals surface area contributed by atoms with Crippen molar-refractivity contribution in [3.63, 3.8) is 0 Å². The third-order valence-corrected chi connectivity index (χ3v) is 7.97. The molecule has 2 aliphatic heterocycles. The Labute approximate surface area is 270 Å². The van der Waals surface area contributed by atoms with Gasteiger partial charge in [0.15, 0.2) is 0 Å². The number of amides is 4. The molecule has 4 N–H and O–H groups in total. The summed E-state index contributed by atoms with van der Waals surface area (Å²) in [4.78, 5) is 69.5. The molecule has 3 heterocycles. The van der Waals surface area contributed by atoms with Gasteiger partial charge in [-0.15, -0.1) is 0 Å². The monoisotopic (exact) mass is 645 g/mol. The van der Waals surface area contributed by atoms with Crippen LogP contribution in [0.1, 0.15) is 47.6 Å². The summed E-state index contributed by atoms with van der Waals surface area (Å²) in [7, 11) is 0. The van der Waals surface area contributed by atoms with Crippen LogP contribution in [0.3, 0.4) is 0 Å². The van der Waals surface area contributed by atoms with Crippen LogP contribution in [0.2, 0.25) is 0 Å². The van der Waals surface area contributed by atoms with Crippen LogP contribution >= 0.6 is 0 Å². The molecule has 15 heteroatoms. The molecule has 0 saturated carbocycles. The van der Waals surface area contributed by atoms with E-state index in [4.69, 9.17) is 4.74 Å². The maximum atomic E-state index is 13.4. The fourth-order valence-corrected chi connectivity index (χ4v) is 5.61. The van der Waals surface area contributed by atoms with Gasteiger partial charge in [-0.25, -0.2) is 4.79 Å². The highest BCUT2D eigenvalue weighted by atomic mass is 16.6. The molecule has 15 nitrogen and oxygen atoms in total. The van der Waals surface area contributed by atoms with Crippen molar-refractivity contribution in [1.29, 1.82) is 0 Å². The van der Waals surface area contributed by atoms with Gasteiger partial charge in [0.25, 0.3) is 17.5 Å². The minimum atomic E-state index is -1.10. The molecule has 5 rings (SSSR count). The molecule has 2 aliphatic rings. The van der Waals surface area contributed by atoms with Crippen LogP contribution in [0, 0.1) is 10.1 Å². The van der Waals surface area contributed by atoms with E-state index in [1.165, 1.54) is 36.5 Å². The number of urea groups is 1. The number of carbonyl (C=O) groups excluding carboxylic acids is 3. The quantitative estimate of drug-likeness (QED) is 0.186. The average Bonchev–Trinajstić information content (AvgIpc) is 3.49. The van der Waals surface area contributed by atoms with Crippen LogP contribution in [-0.2, 0) is 14.3 Å². The number of carbonyl (C=O) groups is 4. The normalized spacial score (nSPS) is 16.9. The molecule has 0 spiro atoms. The highest BCUT2D eigenvalue weighted by molar-refractivity contribution is 6.04. The van der Waals surface area contributed by atoms with Crippen molar-refractivity contribution in [1.82, 2.24) is 15.2 Å². The number of carboxylic acids is 1. The largest absolute Gasteiger partial charge is 0.481 e. The van der Waals surface area contributed by atoms with Gasteiger partial charge in [0.1, 0.15) is 6.10 Å². The molecule has 2 atom stereocenters. The maximum Gasteiger partial charge on any atom is 0.323 e. The van der Waals surface area contributed by atoms with Crippen molar-refractivity contribution < 1.29 is 33.9 Å². The molecule has 0 radical (unpaired) electrons. The lowest BCUT2D eigenvalue weighted by Gasteiger charge is -2.27. The van der Waals surface area contributed by atoms with Crippen molar-refractivity contribution >= 4 is 46.6 Å². The molecule has 2 fully saturated rings. The van der Waals surface area contributed by atoms with Crippen LogP contribution < -0.4 is 20.9 Å². The van der Waals surface area contributed by atoms with Gasteiger partial charge in [0, 0.05) is 68.6 Å². The van der Waals surface area contributed by atoms with Gasteiger partial charge in [-0.1, -0.05) is 6.07 Å². The first-order valence-corrected chi connectivity index (χ1v) is 15.2. The molecule has 1 aromatic heterocycles. The van der Waals surface area contributed by atoms with E-state index in [2.05, 4.69) is 20.9 Å². The molecule has 2 unspecified atom stereocenters. The van der Waals surface area contributed by atoms with E-state index < -0.39 is 35.0 Å². The Morgan fingerprint density at radius 2 is 1.83 bits per heavy atom. The summed E-state index contributed by atoms with van der Waals surface area (Å²) in [5.74, 6) is -1.69. The van der Waals surface area contributed by atoms with E-state index >= 15 is 0 Å². The third-order valence-electron chi connectivity index (χ3n) is 7.97. The van der Waals surface area contributed by atoms with E-state index in [0.717, 1.165) is 6.42 Å². The number of nitrogens with zero attached hydrogens (tertiary/aromatic N) is 4. The number of nitro groups is 1. The van der Waals surface area contributed by atoms with E-state index in [9.17, 15) is 34.4 Å². The second kappa shape index (κ2) is 15.1. The van der Waals surface area contributed by atoms with Gasteiger partial charge >= 0.3 is 12.0 Å². The smallest absolute Gasteiger partial charge is 0.323 e. The van der Waals surface area contributed by atoms with Crippen molar-refractivity contribution in [2.45, 2.75) is 37.8 Å². The van der Waals surface area contributed by atoms with Gasteiger partial charge in [0.05, 0.1) is 28.8 Å². The summed E-state index contributed by atoms with van der Waals surface area (Å²) in [5, 5.41) is 28.7. The predicted molar refractivity (Wildman–Crippen MR) is 171 cm³/mol. The first kappa shape index (κ1) is 32.8. The minimum absolute atomic E-state index is 0.0262. The average molecular weight is 646 g/mol. The van der Waals surface area contributed by atoms with Gasteiger partial charge in [-0.05, 0) is 61.2 Å². The first-order chi connectivity index (χ1) is 22.7. The summed E-state index contributed by atoms with van der Waals surface area (Å²) in [6.45, 7) is 2.60. The van der Waals surface area contributed by atoms with Crippen molar-refractivity contribution in [3.8, 4) is 0 Å². The SMILES string of the molecule is O=C(O)CC(NC(=O)c1ccc(N2CCCN(C(=O)C3CCCO3)CC2)c(NC(=O)Nc2ccc([N+](=O)[O-])cc2)c1)c1cccnc1. The summed E-state index contributed by atoms with van der Waals surface area (Å²) in [6, 6.07) is 11.9. The number of aliphatic carboxylic acids is 1. The molecular weight excluding hydrogens is 610 g/mol. The minimum Gasteiger partial charge on any atom is -0.481 e. The van der Waals surface area contributed by atoms with E-state index in [0.29, 0.717) is 68.3 Å². The zero-order valence-corrected chi connectivity index (χ0v) is 25.5. The Morgan fingerprint density at radius 1 is 1.02 bits per heavy atom. The lowest BCUT2D eigenvalue weighted by molar-refractivity contribution is -0.384. The number of rotatable bonds is 10. The number of hydrogen-bond donors (Lipinski definition) is 4. The van der Waals surface area contributed by atoms with Crippen molar-refractivity contribution in [2.75, 3.05) is 48.3 Å². The van der Waals surface area contributed by atoms with Gasteiger partial charge in [-0.2, -0.15) is 0 Å². The topological polar surface area (TPSA) is 196 Å². The lowest BCUT2D eigenvalue weighted by atomic mass is 10.0. The number of nitro benzene ring substituents is 1. The molecule has 0 bridgehead atoms. The number of nitrogens with one attached hydrogen (secondary N) is 3. The second-order valence-corrected chi connectivity index (χ2v) is 11.2. The van der Waals surface area contributed by atoms with Crippen LogP contribution in [0.4, 0.5) is 27.5 Å². The molecule has 0 aliphatic carbocycles. The molecular formula is C32H35N7O8. The van der Waals surface area contributed by atoms with Gasteiger partial charge < -0.3 is 35.6 Å². The van der Waals surface area contributed by atoms with E-state index in [1.807, 2.05) is 4.90 Å². The fourth-order valence-electron chi connectivity index (χ4n) is 5.61. The maximum absolute atomic E-state index is 13.4. The van der Waals surface area contributed by atoms with E-state index in [-0.39, 0.29) is 23.6 Å². The molecule has 2 saturated heterocycles. The van der Waals surface area contributed by atoms with Crippen molar-refractivity contribution in [3.05, 3.63) is 88.2 Å². The number of non-ortho nitro benzene ring substituents is 1. The number of hydrogen-bond acceptors (Lipinski definition) is 9. The third kappa shape index (κ3) is 8.58. The Bertz CT molecular complexity index is 1610. The van der Waals surface area contributed by atoms with Crippen LogP contribution in [0.25, 0.3) is 0 Å². The Balaban J connectivity index is 1.37. The van der Waals surface area contributed by atoms with Gasteiger partial charge in [0.2, 0.25) is 0 Å². The fraction of sp³-hybridized carbons (Fsp3) is 0.344. The highest BCUT2D eigenvalue weighted by Gasteiger charge is 2.30. The highest BCUT2D eigenvalue weighted by Crippen LogP contribution is 2.30. The lowest BCUT2D eigenvalue weighted by Crippen LogP contribution is -2.41. The Hall–Kier alpha value is -5.57. The zero-order valence-electron chi connectivity index (χ0n) is 25.5. The second-order valence-electron chi connectivity index (χ2n) is 11.2. The number of carboxylic acid groups (broad SMARTS) is 1. The van der Waals surface area contributed by atoms with E-state index in [1.54, 1.807) is 35.4 Å².